The molecule has 2 rings (SSSR count). The first-order valence-electron chi connectivity index (χ1n) is 5.08. The Hall–Kier alpha value is -1.84. The van der Waals surface area contributed by atoms with E-state index in [1.807, 2.05) is 0 Å². The van der Waals surface area contributed by atoms with Gasteiger partial charge in [-0.15, -0.1) is 0 Å². The van der Waals surface area contributed by atoms with Gasteiger partial charge in [0, 0.05) is 0 Å². The summed E-state index contributed by atoms with van der Waals surface area (Å²) in [6, 6.07) is 4.70. The van der Waals surface area contributed by atoms with Crippen molar-refractivity contribution in [2.75, 3.05) is 7.11 Å². The van der Waals surface area contributed by atoms with Gasteiger partial charge in [0.1, 0.15) is 0 Å². The van der Waals surface area contributed by atoms with Gasteiger partial charge in [-0.05, 0) is 42.5 Å². The van der Waals surface area contributed by atoms with Crippen LogP contribution >= 0.6 is 0 Å². The van der Waals surface area contributed by atoms with E-state index in [-0.39, 0.29) is 5.56 Å². The second-order valence-electron chi connectivity index (χ2n) is 3.91. The van der Waals surface area contributed by atoms with Crippen LogP contribution in [0.3, 0.4) is 0 Å². The van der Waals surface area contributed by atoms with Crippen LogP contribution in [0.1, 0.15) is 45.0 Å². The highest BCUT2D eigenvalue weighted by Gasteiger charge is 2.25. The van der Waals surface area contributed by atoms with Gasteiger partial charge in [-0.2, -0.15) is 0 Å². The van der Waals surface area contributed by atoms with Gasteiger partial charge in [0.15, 0.2) is 0 Å². The fourth-order valence-electron chi connectivity index (χ4n) is 1.66. The Bertz CT molecular complexity index is 446. The Morgan fingerprint density at radius 2 is 1.88 bits per heavy atom. The van der Waals surface area contributed by atoms with E-state index < -0.39 is 11.9 Å². The number of esters is 1. The van der Waals surface area contributed by atoms with Crippen LogP contribution in [0.4, 0.5) is 0 Å². The molecular formula is C12H12O4. The summed E-state index contributed by atoms with van der Waals surface area (Å²) in [7, 11) is 1.28. The maximum Gasteiger partial charge on any atom is 0.337 e. The van der Waals surface area contributed by atoms with Crippen molar-refractivity contribution in [3.63, 3.8) is 0 Å². The summed E-state index contributed by atoms with van der Waals surface area (Å²) in [6.07, 6.45) is 2.12. The van der Waals surface area contributed by atoms with E-state index in [1.165, 1.54) is 13.2 Å². The molecule has 1 aliphatic rings. The molecule has 16 heavy (non-hydrogen) atoms. The zero-order valence-corrected chi connectivity index (χ0v) is 8.90. The molecule has 1 N–H and O–H groups in total. The van der Waals surface area contributed by atoms with Crippen molar-refractivity contribution in [1.82, 2.24) is 0 Å². The minimum atomic E-state index is -1.02. The third kappa shape index (κ3) is 2.05. The molecule has 0 unspecified atom stereocenters. The molecule has 0 atom stereocenters. The summed E-state index contributed by atoms with van der Waals surface area (Å²) in [5.74, 6) is -1.11. The summed E-state index contributed by atoms with van der Waals surface area (Å²) in [6.45, 7) is 0. The Kier molecular flexibility index (Phi) is 2.64. The van der Waals surface area contributed by atoms with E-state index in [1.54, 1.807) is 12.1 Å². The van der Waals surface area contributed by atoms with Crippen LogP contribution in [0.25, 0.3) is 0 Å². The van der Waals surface area contributed by atoms with Crippen LogP contribution in [0.2, 0.25) is 0 Å². The average Bonchev–Trinajstić information content (AvgIpc) is 3.11. The molecule has 1 fully saturated rings. The summed E-state index contributed by atoms with van der Waals surface area (Å²) in [4.78, 5) is 22.3. The van der Waals surface area contributed by atoms with Crippen LogP contribution in [-0.2, 0) is 4.74 Å². The number of carboxylic acids is 1. The Morgan fingerprint density at radius 1 is 1.25 bits per heavy atom. The number of hydrogen-bond acceptors (Lipinski definition) is 3. The average molecular weight is 220 g/mol. The number of benzene rings is 1. The number of hydrogen-bond donors (Lipinski definition) is 1. The lowest BCUT2D eigenvalue weighted by atomic mass is 10.0. The van der Waals surface area contributed by atoms with Crippen molar-refractivity contribution in [3.8, 4) is 0 Å². The number of carbonyl (C=O) groups is 2. The summed E-state index contributed by atoms with van der Waals surface area (Å²) in [5, 5.41) is 8.94. The Labute approximate surface area is 92.8 Å². The molecule has 0 saturated heterocycles. The van der Waals surface area contributed by atoms with Gasteiger partial charge in [0.2, 0.25) is 0 Å². The topological polar surface area (TPSA) is 63.6 Å². The molecule has 0 heterocycles. The number of carboxylic acid groups (broad SMARTS) is 1. The number of ether oxygens (including phenoxy) is 1. The Morgan fingerprint density at radius 3 is 2.38 bits per heavy atom. The van der Waals surface area contributed by atoms with E-state index >= 15 is 0 Å². The Balaban J connectivity index is 2.44. The number of rotatable bonds is 3. The first kappa shape index (κ1) is 10.7. The van der Waals surface area contributed by atoms with Crippen molar-refractivity contribution in [1.29, 1.82) is 0 Å². The molecular weight excluding hydrogens is 208 g/mol. The van der Waals surface area contributed by atoms with Crippen molar-refractivity contribution < 1.29 is 19.4 Å². The van der Waals surface area contributed by atoms with Crippen molar-refractivity contribution >= 4 is 11.9 Å². The fourth-order valence-corrected chi connectivity index (χ4v) is 1.66. The molecule has 4 heteroatoms. The third-order valence-electron chi connectivity index (χ3n) is 2.67. The number of methoxy groups -OCH3 is 1. The predicted octanol–water partition coefficient (Wildman–Crippen LogP) is 2.05. The minimum absolute atomic E-state index is 0.143. The van der Waals surface area contributed by atoms with Gasteiger partial charge >= 0.3 is 11.9 Å². The van der Waals surface area contributed by atoms with Crippen molar-refractivity contribution in [3.05, 3.63) is 34.9 Å². The van der Waals surface area contributed by atoms with E-state index in [0.29, 0.717) is 11.5 Å². The van der Waals surface area contributed by atoms with Crippen LogP contribution in [-0.4, -0.2) is 24.2 Å². The molecule has 1 saturated carbocycles. The lowest BCUT2D eigenvalue weighted by Crippen LogP contribution is -2.06. The maximum atomic E-state index is 11.4. The first-order valence-corrected chi connectivity index (χ1v) is 5.08. The zero-order valence-electron chi connectivity index (χ0n) is 8.90. The highest BCUT2D eigenvalue weighted by molar-refractivity contribution is 5.95. The summed E-state index contributed by atoms with van der Waals surface area (Å²) >= 11 is 0. The van der Waals surface area contributed by atoms with E-state index in [4.69, 9.17) is 5.11 Å². The summed E-state index contributed by atoms with van der Waals surface area (Å²) in [5.41, 5.74) is 1.37. The van der Waals surface area contributed by atoms with Gasteiger partial charge in [-0.25, -0.2) is 9.59 Å². The molecule has 0 spiro atoms. The highest BCUT2D eigenvalue weighted by Crippen LogP contribution is 2.40. The highest BCUT2D eigenvalue weighted by atomic mass is 16.5. The molecule has 0 bridgehead atoms. The van der Waals surface area contributed by atoms with Gasteiger partial charge in [0.05, 0.1) is 18.2 Å². The first-order chi connectivity index (χ1) is 7.61. The second kappa shape index (κ2) is 3.96. The van der Waals surface area contributed by atoms with Crippen molar-refractivity contribution in [2.45, 2.75) is 18.8 Å². The third-order valence-corrected chi connectivity index (χ3v) is 2.67. The molecule has 1 aromatic rings. The van der Waals surface area contributed by atoms with E-state index in [2.05, 4.69) is 4.74 Å². The molecule has 0 radical (unpaired) electrons. The minimum Gasteiger partial charge on any atom is -0.478 e. The normalized spacial score (nSPS) is 14.6. The molecule has 1 aromatic carbocycles. The fraction of sp³-hybridized carbons (Fsp3) is 0.333. The van der Waals surface area contributed by atoms with Crippen LogP contribution < -0.4 is 0 Å². The van der Waals surface area contributed by atoms with Gasteiger partial charge in [-0.1, -0.05) is 0 Å². The van der Waals surface area contributed by atoms with E-state index in [9.17, 15) is 9.59 Å². The molecule has 0 amide bonds. The lowest BCUT2D eigenvalue weighted by molar-refractivity contribution is 0.0600. The monoisotopic (exact) mass is 220 g/mol. The predicted molar refractivity (Wildman–Crippen MR) is 56.7 cm³/mol. The SMILES string of the molecule is COC(=O)c1cc(C(=O)O)cc(C2CC2)c1. The van der Waals surface area contributed by atoms with Gasteiger partial charge in [-0.3, -0.25) is 0 Å². The summed E-state index contributed by atoms with van der Waals surface area (Å²) < 4.78 is 4.59. The van der Waals surface area contributed by atoms with Crippen LogP contribution in [0.15, 0.2) is 18.2 Å². The quantitative estimate of drug-likeness (QED) is 0.792. The lowest BCUT2D eigenvalue weighted by Gasteiger charge is -2.05. The molecule has 0 aliphatic heterocycles. The molecule has 1 aliphatic carbocycles. The number of carbonyl (C=O) groups excluding carboxylic acids is 1. The number of aromatic carboxylic acids is 1. The molecule has 4 nitrogen and oxygen atoms in total. The van der Waals surface area contributed by atoms with Crippen LogP contribution in [0.5, 0.6) is 0 Å². The van der Waals surface area contributed by atoms with Crippen LogP contribution in [0, 0.1) is 0 Å². The molecule has 0 aromatic heterocycles. The maximum absolute atomic E-state index is 11.4. The van der Waals surface area contributed by atoms with Crippen molar-refractivity contribution in [2.24, 2.45) is 0 Å². The standard InChI is InChI=1S/C12H12O4/c1-16-12(15)10-5-8(7-2-3-7)4-9(6-10)11(13)14/h4-7H,2-3H2,1H3,(H,13,14). The largest absolute Gasteiger partial charge is 0.478 e. The van der Waals surface area contributed by atoms with Gasteiger partial charge < -0.3 is 9.84 Å². The second-order valence-corrected chi connectivity index (χ2v) is 3.91. The molecule has 84 valence electrons. The van der Waals surface area contributed by atoms with Gasteiger partial charge in [0.25, 0.3) is 0 Å². The zero-order chi connectivity index (χ0) is 11.7. The van der Waals surface area contributed by atoms with E-state index in [0.717, 1.165) is 18.4 Å². The smallest absolute Gasteiger partial charge is 0.337 e.